The molecule has 1 fully saturated rings. The molecule has 1 rings (SSSR count). The van der Waals surface area contributed by atoms with Crippen molar-refractivity contribution in [2.75, 3.05) is 33.2 Å². The van der Waals surface area contributed by atoms with E-state index >= 15 is 0 Å². The van der Waals surface area contributed by atoms with Gasteiger partial charge in [-0.05, 0) is 44.2 Å². The molecule has 0 aromatic heterocycles. The van der Waals surface area contributed by atoms with Gasteiger partial charge in [0.05, 0.1) is 0 Å². The van der Waals surface area contributed by atoms with Crippen molar-refractivity contribution in [1.29, 1.82) is 0 Å². The summed E-state index contributed by atoms with van der Waals surface area (Å²) in [4.78, 5) is 2.64. The molecule has 0 radical (unpaired) electrons. The molecule has 0 amide bonds. The van der Waals surface area contributed by atoms with E-state index in [1.807, 2.05) is 0 Å². The molecule has 1 atom stereocenters. The largest absolute Gasteiger partial charge is 0.319 e. The molecule has 1 aliphatic rings. The molecule has 0 bridgehead atoms. The van der Waals surface area contributed by atoms with Gasteiger partial charge in [-0.3, -0.25) is 0 Å². The van der Waals surface area contributed by atoms with Crippen LogP contribution in [0.1, 0.15) is 40.0 Å². The lowest BCUT2D eigenvalue weighted by atomic mass is 9.86. The van der Waals surface area contributed by atoms with Gasteiger partial charge in [0, 0.05) is 19.6 Å². The number of nitrogens with zero attached hydrogens (tertiary/aromatic N) is 1. The lowest BCUT2D eigenvalue weighted by molar-refractivity contribution is 0.158. The van der Waals surface area contributed by atoms with E-state index in [0.29, 0.717) is 5.41 Å². The van der Waals surface area contributed by atoms with Gasteiger partial charge in [0.1, 0.15) is 0 Å². The van der Waals surface area contributed by atoms with Gasteiger partial charge in [0.15, 0.2) is 0 Å². The molecule has 2 nitrogen and oxygen atoms in total. The highest BCUT2D eigenvalue weighted by Gasteiger charge is 2.28. The molecular weight excluding hydrogens is 184 g/mol. The molecule has 90 valence electrons. The molecule has 0 spiro atoms. The first kappa shape index (κ1) is 13.0. The van der Waals surface area contributed by atoms with E-state index in [4.69, 9.17) is 0 Å². The fourth-order valence-electron chi connectivity index (χ4n) is 2.23. The fraction of sp³-hybridized carbons (Fsp3) is 1.00. The van der Waals surface area contributed by atoms with Crippen LogP contribution in [0.5, 0.6) is 0 Å². The Hall–Kier alpha value is -0.0800. The second-order valence-corrected chi connectivity index (χ2v) is 5.47. The number of hydrogen-bond acceptors (Lipinski definition) is 2. The van der Waals surface area contributed by atoms with Gasteiger partial charge in [0.25, 0.3) is 0 Å². The summed E-state index contributed by atoms with van der Waals surface area (Å²) in [5.74, 6) is 1.01. The smallest absolute Gasteiger partial charge is 0.00474 e. The van der Waals surface area contributed by atoms with Crippen LogP contribution in [0, 0.1) is 11.3 Å². The van der Waals surface area contributed by atoms with Crippen molar-refractivity contribution in [1.82, 2.24) is 10.2 Å². The van der Waals surface area contributed by atoms with Crippen LogP contribution in [0.4, 0.5) is 0 Å². The molecule has 1 saturated carbocycles. The minimum absolute atomic E-state index is 0.444. The number of rotatable bonds is 8. The lowest BCUT2D eigenvalue weighted by Gasteiger charge is -2.34. The predicted octanol–water partition coefficient (Wildman–Crippen LogP) is 2.35. The zero-order chi connectivity index (χ0) is 11.3. The normalized spacial score (nSPS) is 20.6. The first-order chi connectivity index (χ1) is 7.13. The summed E-state index contributed by atoms with van der Waals surface area (Å²) in [5.41, 5.74) is 0.444. The topological polar surface area (TPSA) is 15.3 Å². The second-order valence-electron chi connectivity index (χ2n) is 5.47. The average Bonchev–Trinajstić information content (AvgIpc) is 3.01. The third kappa shape index (κ3) is 4.52. The SMILES string of the molecule is CCN(CC1CC1)CC(C)(CC)CNC. The minimum atomic E-state index is 0.444. The van der Waals surface area contributed by atoms with E-state index in [-0.39, 0.29) is 0 Å². The molecule has 1 aliphatic carbocycles. The Morgan fingerprint density at radius 1 is 1.33 bits per heavy atom. The first-order valence-electron chi connectivity index (χ1n) is 6.50. The highest BCUT2D eigenvalue weighted by atomic mass is 15.1. The summed E-state index contributed by atoms with van der Waals surface area (Å²) in [6, 6.07) is 0. The molecule has 0 aromatic rings. The number of hydrogen-bond donors (Lipinski definition) is 1. The van der Waals surface area contributed by atoms with Crippen LogP contribution in [-0.2, 0) is 0 Å². The maximum Gasteiger partial charge on any atom is 0.00474 e. The molecule has 2 heteroatoms. The van der Waals surface area contributed by atoms with Crippen molar-refractivity contribution in [2.24, 2.45) is 11.3 Å². The molecule has 0 aromatic carbocycles. The van der Waals surface area contributed by atoms with Gasteiger partial charge in [-0.2, -0.15) is 0 Å². The van der Waals surface area contributed by atoms with E-state index in [1.54, 1.807) is 0 Å². The van der Waals surface area contributed by atoms with Gasteiger partial charge in [-0.15, -0.1) is 0 Å². The van der Waals surface area contributed by atoms with Crippen LogP contribution in [0.2, 0.25) is 0 Å². The summed E-state index contributed by atoms with van der Waals surface area (Å²) in [5, 5.41) is 3.33. The molecule has 15 heavy (non-hydrogen) atoms. The maximum atomic E-state index is 3.33. The van der Waals surface area contributed by atoms with E-state index in [1.165, 1.54) is 38.9 Å². The van der Waals surface area contributed by atoms with Crippen LogP contribution in [0.15, 0.2) is 0 Å². The summed E-state index contributed by atoms with van der Waals surface area (Å²) in [6.45, 7) is 11.9. The van der Waals surface area contributed by atoms with Gasteiger partial charge >= 0.3 is 0 Å². The summed E-state index contributed by atoms with van der Waals surface area (Å²) < 4.78 is 0. The number of nitrogens with one attached hydrogen (secondary N) is 1. The third-order valence-corrected chi connectivity index (χ3v) is 3.72. The van der Waals surface area contributed by atoms with Crippen LogP contribution >= 0.6 is 0 Å². The van der Waals surface area contributed by atoms with Crippen molar-refractivity contribution < 1.29 is 0 Å². The Kier molecular flexibility index (Phi) is 5.07. The first-order valence-corrected chi connectivity index (χ1v) is 6.50. The minimum Gasteiger partial charge on any atom is -0.319 e. The third-order valence-electron chi connectivity index (χ3n) is 3.72. The van der Waals surface area contributed by atoms with Crippen molar-refractivity contribution in [3.63, 3.8) is 0 Å². The van der Waals surface area contributed by atoms with E-state index < -0.39 is 0 Å². The average molecular weight is 212 g/mol. The Balaban J connectivity index is 2.38. The van der Waals surface area contributed by atoms with E-state index in [0.717, 1.165) is 12.5 Å². The molecular formula is C13H28N2. The highest BCUT2D eigenvalue weighted by molar-refractivity contribution is 4.82. The van der Waals surface area contributed by atoms with Crippen LogP contribution < -0.4 is 5.32 Å². The predicted molar refractivity (Wildman–Crippen MR) is 67.2 cm³/mol. The van der Waals surface area contributed by atoms with Crippen LogP contribution in [-0.4, -0.2) is 38.1 Å². The van der Waals surface area contributed by atoms with E-state index in [9.17, 15) is 0 Å². The van der Waals surface area contributed by atoms with Crippen molar-refractivity contribution >= 4 is 0 Å². The fourth-order valence-corrected chi connectivity index (χ4v) is 2.23. The molecule has 1 unspecified atom stereocenters. The monoisotopic (exact) mass is 212 g/mol. The van der Waals surface area contributed by atoms with Gasteiger partial charge in [-0.1, -0.05) is 20.8 Å². The van der Waals surface area contributed by atoms with Crippen molar-refractivity contribution in [3.05, 3.63) is 0 Å². The highest BCUT2D eigenvalue weighted by Crippen LogP contribution is 2.31. The van der Waals surface area contributed by atoms with Crippen LogP contribution in [0.3, 0.4) is 0 Å². The van der Waals surface area contributed by atoms with Gasteiger partial charge in [-0.25, -0.2) is 0 Å². The zero-order valence-electron chi connectivity index (χ0n) is 11.0. The Bertz CT molecular complexity index is 177. The quantitative estimate of drug-likeness (QED) is 0.664. The lowest BCUT2D eigenvalue weighted by Crippen LogP contribution is -2.42. The summed E-state index contributed by atoms with van der Waals surface area (Å²) >= 11 is 0. The summed E-state index contributed by atoms with van der Waals surface area (Å²) in [7, 11) is 2.06. The van der Waals surface area contributed by atoms with Crippen molar-refractivity contribution in [2.45, 2.75) is 40.0 Å². The molecule has 1 N–H and O–H groups in total. The Morgan fingerprint density at radius 2 is 2.00 bits per heavy atom. The Labute approximate surface area is 95.4 Å². The van der Waals surface area contributed by atoms with Crippen LogP contribution in [0.25, 0.3) is 0 Å². The van der Waals surface area contributed by atoms with E-state index in [2.05, 4.69) is 38.0 Å². The molecule has 0 heterocycles. The Morgan fingerprint density at radius 3 is 2.40 bits per heavy atom. The van der Waals surface area contributed by atoms with Gasteiger partial charge in [0.2, 0.25) is 0 Å². The zero-order valence-corrected chi connectivity index (χ0v) is 11.0. The summed E-state index contributed by atoms with van der Waals surface area (Å²) in [6.07, 6.45) is 4.19. The molecule has 0 saturated heterocycles. The standard InChI is InChI=1S/C13H28N2/c1-5-13(3,10-14-4)11-15(6-2)9-12-7-8-12/h12,14H,5-11H2,1-4H3. The van der Waals surface area contributed by atoms with Gasteiger partial charge < -0.3 is 10.2 Å². The second kappa shape index (κ2) is 5.86. The maximum absolute atomic E-state index is 3.33. The molecule has 0 aliphatic heterocycles. The van der Waals surface area contributed by atoms with Crippen molar-refractivity contribution in [3.8, 4) is 0 Å².